The molecular weight excluding hydrogens is 334 g/mol. The Balaban J connectivity index is 0.00000102. The number of hydrogen-bond acceptors (Lipinski definition) is 3. The molecule has 3 aliphatic rings. The zero-order valence-corrected chi connectivity index (χ0v) is 18.1. The van der Waals surface area contributed by atoms with Gasteiger partial charge in [-0.25, -0.2) is 0 Å². The van der Waals surface area contributed by atoms with Crippen molar-refractivity contribution in [2.75, 3.05) is 13.6 Å². The lowest BCUT2D eigenvalue weighted by Crippen LogP contribution is -2.59. The van der Waals surface area contributed by atoms with Crippen LogP contribution in [0.5, 0.6) is 5.75 Å². The molecule has 4 rings (SSSR count). The van der Waals surface area contributed by atoms with Gasteiger partial charge in [-0.15, -0.1) is 0 Å². The zero-order chi connectivity index (χ0) is 19.8. The second-order valence-corrected chi connectivity index (χ2v) is 9.47. The predicted octanol–water partition coefficient (Wildman–Crippen LogP) is 5.35. The highest BCUT2D eigenvalue weighted by atomic mass is 16.5. The highest BCUT2D eigenvalue weighted by Gasteiger charge is 2.53. The van der Waals surface area contributed by atoms with Gasteiger partial charge in [0.1, 0.15) is 5.75 Å². The molecule has 2 aliphatic carbocycles. The summed E-state index contributed by atoms with van der Waals surface area (Å²) in [5.74, 6) is 1.35. The monoisotopic (exact) mass is 371 g/mol. The van der Waals surface area contributed by atoms with Crippen LogP contribution in [-0.4, -0.2) is 30.5 Å². The smallest absolute Gasteiger partial charge is 0.316 e. The zero-order valence-electron chi connectivity index (χ0n) is 18.1. The van der Waals surface area contributed by atoms with Crippen molar-refractivity contribution < 1.29 is 9.53 Å². The molecule has 2 bridgehead atoms. The number of likely N-dealkylation sites (tertiary alicyclic amines) is 1. The SMILES string of the molecule is CC.CN1CCC23CCCCC2C1Cc1ccc(OC(=O)C(C)(C)C)cc13. The van der Waals surface area contributed by atoms with E-state index in [4.69, 9.17) is 4.74 Å². The number of ether oxygens (including phenoxy) is 1. The van der Waals surface area contributed by atoms with Crippen molar-refractivity contribution in [3.8, 4) is 5.75 Å². The van der Waals surface area contributed by atoms with Crippen molar-refractivity contribution in [1.82, 2.24) is 4.90 Å². The third-order valence-electron chi connectivity index (χ3n) is 6.91. The van der Waals surface area contributed by atoms with Crippen LogP contribution < -0.4 is 4.74 Å². The van der Waals surface area contributed by atoms with Crippen LogP contribution in [0, 0.1) is 11.3 Å². The van der Waals surface area contributed by atoms with Gasteiger partial charge in [-0.3, -0.25) is 4.79 Å². The maximum absolute atomic E-state index is 12.3. The minimum atomic E-state index is -0.472. The van der Waals surface area contributed by atoms with Crippen LogP contribution >= 0.6 is 0 Å². The normalized spacial score (nSPS) is 29.7. The number of nitrogens with zero attached hydrogens (tertiary/aromatic N) is 1. The standard InChI is InChI=1S/C22H31NO2.C2H6/c1-21(2,3)20(24)25-16-9-8-15-13-19-17-7-5-6-10-22(17,18(15)14-16)11-12-23(19)4;1-2/h8-9,14,17,19H,5-7,10-13H2,1-4H3;1-2H3. The lowest BCUT2D eigenvalue weighted by atomic mass is 9.52. The fraction of sp³-hybridized carbons (Fsp3) is 0.708. The van der Waals surface area contributed by atoms with E-state index in [1.54, 1.807) is 0 Å². The Labute approximate surface area is 165 Å². The quantitative estimate of drug-likeness (QED) is 0.492. The van der Waals surface area contributed by atoms with Gasteiger partial charge >= 0.3 is 5.97 Å². The summed E-state index contributed by atoms with van der Waals surface area (Å²) in [7, 11) is 2.30. The van der Waals surface area contributed by atoms with Gasteiger partial charge in [0, 0.05) is 11.5 Å². The van der Waals surface area contributed by atoms with Crippen molar-refractivity contribution in [2.45, 2.75) is 84.6 Å². The summed E-state index contributed by atoms with van der Waals surface area (Å²) in [6.45, 7) is 10.9. The Morgan fingerprint density at radius 1 is 1.19 bits per heavy atom. The number of fused-ring (bicyclic) bond motifs is 1. The second-order valence-electron chi connectivity index (χ2n) is 9.47. The highest BCUT2D eigenvalue weighted by molar-refractivity contribution is 5.78. The van der Waals surface area contributed by atoms with Crippen LogP contribution in [0.2, 0.25) is 0 Å². The lowest BCUT2D eigenvalue weighted by molar-refractivity contribution is -0.143. The number of benzene rings is 1. The van der Waals surface area contributed by atoms with E-state index in [1.165, 1.54) is 49.8 Å². The van der Waals surface area contributed by atoms with Crippen LogP contribution in [0.3, 0.4) is 0 Å². The van der Waals surface area contributed by atoms with E-state index in [0.29, 0.717) is 11.5 Å². The second kappa shape index (κ2) is 7.58. The van der Waals surface area contributed by atoms with Gasteiger partial charge < -0.3 is 9.64 Å². The maximum Gasteiger partial charge on any atom is 0.316 e. The summed E-state index contributed by atoms with van der Waals surface area (Å²) < 4.78 is 5.73. The first kappa shape index (κ1) is 20.4. The van der Waals surface area contributed by atoms with E-state index in [-0.39, 0.29) is 5.97 Å². The number of hydrogen-bond donors (Lipinski definition) is 0. The molecule has 1 heterocycles. The summed E-state index contributed by atoms with van der Waals surface area (Å²) >= 11 is 0. The molecule has 150 valence electrons. The number of piperidine rings is 1. The summed E-state index contributed by atoms with van der Waals surface area (Å²) in [5, 5.41) is 0. The van der Waals surface area contributed by atoms with Crippen LogP contribution in [0.4, 0.5) is 0 Å². The van der Waals surface area contributed by atoms with Crippen molar-refractivity contribution in [2.24, 2.45) is 11.3 Å². The van der Waals surface area contributed by atoms with Gasteiger partial charge in [-0.05, 0) is 89.2 Å². The van der Waals surface area contributed by atoms with E-state index in [9.17, 15) is 4.79 Å². The average molecular weight is 372 g/mol. The molecule has 3 unspecified atom stereocenters. The molecule has 3 nitrogen and oxygen atoms in total. The number of carbonyl (C=O) groups excluding carboxylic acids is 1. The Morgan fingerprint density at radius 2 is 1.93 bits per heavy atom. The lowest BCUT2D eigenvalue weighted by Gasteiger charge is -2.58. The fourth-order valence-electron chi connectivity index (χ4n) is 5.50. The molecule has 1 aliphatic heterocycles. The third-order valence-corrected chi connectivity index (χ3v) is 6.91. The largest absolute Gasteiger partial charge is 0.426 e. The Morgan fingerprint density at radius 3 is 2.63 bits per heavy atom. The molecule has 0 amide bonds. The minimum Gasteiger partial charge on any atom is -0.426 e. The van der Waals surface area contributed by atoms with Gasteiger partial charge in [0.25, 0.3) is 0 Å². The highest BCUT2D eigenvalue weighted by Crippen LogP contribution is 2.55. The number of likely N-dealkylation sites (N-methyl/N-ethyl adjacent to an activating group) is 1. The molecule has 1 aromatic carbocycles. The maximum atomic E-state index is 12.3. The summed E-state index contributed by atoms with van der Waals surface area (Å²) in [4.78, 5) is 14.9. The van der Waals surface area contributed by atoms with E-state index >= 15 is 0 Å². The van der Waals surface area contributed by atoms with E-state index in [0.717, 1.165) is 18.1 Å². The van der Waals surface area contributed by atoms with Crippen LogP contribution in [0.1, 0.15) is 77.8 Å². The molecule has 0 spiro atoms. The Bertz CT molecular complexity index is 690. The first-order valence-corrected chi connectivity index (χ1v) is 10.9. The molecule has 0 aromatic heterocycles. The molecule has 0 N–H and O–H groups in total. The Kier molecular flexibility index (Phi) is 5.72. The van der Waals surface area contributed by atoms with E-state index < -0.39 is 5.41 Å². The van der Waals surface area contributed by atoms with Crippen molar-refractivity contribution >= 4 is 5.97 Å². The van der Waals surface area contributed by atoms with Crippen LogP contribution in [0.15, 0.2) is 18.2 Å². The molecule has 3 heteroatoms. The molecule has 1 aromatic rings. The molecular formula is C24H37NO2. The first-order chi connectivity index (χ1) is 12.8. The van der Waals surface area contributed by atoms with Gasteiger partial charge in [0.15, 0.2) is 0 Å². The fourth-order valence-corrected chi connectivity index (χ4v) is 5.50. The molecule has 0 radical (unpaired) electrons. The Hall–Kier alpha value is -1.35. The van der Waals surface area contributed by atoms with Gasteiger partial charge in [0.05, 0.1) is 5.41 Å². The first-order valence-electron chi connectivity index (χ1n) is 10.9. The average Bonchev–Trinajstić information content (AvgIpc) is 2.66. The van der Waals surface area contributed by atoms with Gasteiger partial charge in [-0.1, -0.05) is 32.8 Å². The molecule has 1 saturated carbocycles. The van der Waals surface area contributed by atoms with E-state index in [1.807, 2.05) is 40.7 Å². The van der Waals surface area contributed by atoms with Gasteiger partial charge in [-0.2, -0.15) is 0 Å². The van der Waals surface area contributed by atoms with Crippen LogP contribution in [0.25, 0.3) is 0 Å². The summed E-state index contributed by atoms with van der Waals surface area (Å²) in [6.07, 6.45) is 7.73. The number of carbonyl (C=O) groups is 1. The van der Waals surface area contributed by atoms with Crippen LogP contribution in [-0.2, 0) is 16.6 Å². The summed E-state index contributed by atoms with van der Waals surface area (Å²) in [6, 6.07) is 7.11. The number of rotatable bonds is 1. The summed E-state index contributed by atoms with van der Waals surface area (Å²) in [5.41, 5.74) is 2.80. The molecule has 2 fully saturated rings. The van der Waals surface area contributed by atoms with Gasteiger partial charge in [0.2, 0.25) is 0 Å². The number of esters is 1. The third kappa shape index (κ3) is 3.55. The van der Waals surface area contributed by atoms with Crippen molar-refractivity contribution in [3.63, 3.8) is 0 Å². The predicted molar refractivity (Wildman–Crippen MR) is 111 cm³/mol. The van der Waals surface area contributed by atoms with E-state index in [2.05, 4.69) is 24.1 Å². The topological polar surface area (TPSA) is 29.5 Å². The molecule has 27 heavy (non-hydrogen) atoms. The molecule has 3 atom stereocenters. The minimum absolute atomic E-state index is 0.151. The van der Waals surface area contributed by atoms with Crippen molar-refractivity contribution in [3.05, 3.63) is 29.3 Å². The molecule has 1 saturated heterocycles. The van der Waals surface area contributed by atoms with Crippen molar-refractivity contribution in [1.29, 1.82) is 0 Å².